The lowest BCUT2D eigenvalue weighted by atomic mass is 9.81. The number of non-ortho nitro benzene ring substituents is 1. The summed E-state index contributed by atoms with van der Waals surface area (Å²) >= 11 is 7.15. The van der Waals surface area contributed by atoms with Gasteiger partial charge in [0.2, 0.25) is 0 Å². The van der Waals surface area contributed by atoms with Crippen LogP contribution in [-0.4, -0.2) is 22.2 Å². The molecule has 0 saturated heterocycles. The Labute approximate surface area is 193 Å². The molecular weight excluding hydrogens is 450 g/mol. The van der Waals surface area contributed by atoms with E-state index in [0.717, 1.165) is 17.3 Å². The van der Waals surface area contributed by atoms with Gasteiger partial charge in [-0.3, -0.25) is 19.7 Å². The summed E-state index contributed by atoms with van der Waals surface area (Å²) in [6.45, 7) is 3.21. The lowest BCUT2D eigenvalue weighted by molar-refractivity contribution is -0.384. The molecule has 1 aliphatic heterocycles. The van der Waals surface area contributed by atoms with E-state index in [1.807, 2.05) is 0 Å². The molecule has 1 N–H and O–H groups in total. The smallest absolute Gasteiger partial charge is 0.269 e. The summed E-state index contributed by atoms with van der Waals surface area (Å²) in [5.41, 5.74) is 2.42. The van der Waals surface area contributed by atoms with Gasteiger partial charge in [-0.15, -0.1) is 0 Å². The van der Waals surface area contributed by atoms with Gasteiger partial charge in [-0.25, -0.2) is 0 Å². The highest BCUT2D eigenvalue weighted by atomic mass is 35.5. The van der Waals surface area contributed by atoms with Crippen molar-refractivity contribution < 1.29 is 14.5 Å². The Kier molecular flexibility index (Phi) is 7.13. The predicted octanol–water partition coefficient (Wildman–Crippen LogP) is 5.15. The number of nitrogens with one attached hydrogen (secondary N) is 1. The van der Waals surface area contributed by atoms with Gasteiger partial charge in [0.05, 0.1) is 33.3 Å². The number of nitrogens with zero attached hydrogens (tertiary/aromatic N) is 2. The van der Waals surface area contributed by atoms with Crippen molar-refractivity contribution in [1.29, 1.82) is 5.26 Å². The number of carbonyl (C=O) groups is 2. The molecule has 0 amide bonds. The van der Waals surface area contributed by atoms with E-state index in [4.69, 9.17) is 11.6 Å². The third kappa shape index (κ3) is 4.90. The van der Waals surface area contributed by atoms with Gasteiger partial charge in [-0.1, -0.05) is 35.5 Å². The zero-order valence-electron chi connectivity index (χ0n) is 17.2. The van der Waals surface area contributed by atoms with Crippen LogP contribution in [0.1, 0.15) is 35.7 Å². The second-order valence-corrected chi connectivity index (χ2v) is 8.50. The third-order valence-corrected chi connectivity index (χ3v) is 6.25. The van der Waals surface area contributed by atoms with Crippen molar-refractivity contribution in [2.75, 3.05) is 5.75 Å². The fourth-order valence-electron chi connectivity index (χ4n) is 3.47. The monoisotopic (exact) mass is 467 g/mol. The molecule has 0 radical (unpaired) electrons. The molecule has 9 heteroatoms. The standard InChI is InChI=1S/C23H18ClN3O4S/c1-13-21(14(2)28)22(16-3-7-17(24)8-4-16)19(11-25)23(26-13)32-12-20(29)15-5-9-18(10-6-15)27(30)31/h3-10,22,26H,12H2,1-2H3/t22-/m0/s1. The maximum absolute atomic E-state index is 12.6. The molecule has 0 spiro atoms. The number of halogens is 1. The van der Waals surface area contributed by atoms with E-state index in [-0.39, 0.29) is 23.0 Å². The Hall–Kier alpha value is -3.41. The average Bonchev–Trinajstić information content (AvgIpc) is 2.77. The van der Waals surface area contributed by atoms with Gasteiger partial charge >= 0.3 is 0 Å². The molecule has 162 valence electrons. The summed E-state index contributed by atoms with van der Waals surface area (Å²) < 4.78 is 0. The maximum Gasteiger partial charge on any atom is 0.269 e. The van der Waals surface area contributed by atoms with Crippen molar-refractivity contribution in [3.8, 4) is 6.07 Å². The van der Waals surface area contributed by atoms with Gasteiger partial charge in [0.15, 0.2) is 11.6 Å². The summed E-state index contributed by atoms with van der Waals surface area (Å²) in [5.74, 6) is -0.957. The van der Waals surface area contributed by atoms with Crippen LogP contribution in [0.5, 0.6) is 0 Å². The van der Waals surface area contributed by atoms with Crippen molar-refractivity contribution in [3.63, 3.8) is 0 Å². The minimum Gasteiger partial charge on any atom is -0.353 e. The second-order valence-electron chi connectivity index (χ2n) is 7.07. The molecule has 7 nitrogen and oxygen atoms in total. The van der Waals surface area contributed by atoms with E-state index in [0.29, 0.717) is 32.5 Å². The van der Waals surface area contributed by atoms with Crippen molar-refractivity contribution >= 4 is 40.6 Å². The van der Waals surface area contributed by atoms with Crippen LogP contribution >= 0.6 is 23.4 Å². The van der Waals surface area contributed by atoms with Crippen LogP contribution in [0.2, 0.25) is 5.02 Å². The van der Waals surface area contributed by atoms with E-state index in [9.17, 15) is 25.0 Å². The highest BCUT2D eigenvalue weighted by Gasteiger charge is 2.33. The van der Waals surface area contributed by atoms with Crippen LogP contribution in [0.25, 0.3) is 0 Å². The highest BCUT2D eigenvalue weighted by molar-refractivity contribution is 8.03. The number of carbonyl (C=O) groups excluding carboxylic acids is 2. The zero-order valence-corrected chi connectivity index (χ0v) is 18.8. The molecule has 1 atom stereocenters. The fraction of sp³-hybridized carbons (Fsp3) is 0.174. The van der Waals surface area contributed by atoms with Gasteiger partial charge in [0, 0.05) is 34.0 Å². The molecule has 32 heavy (non-hydrogen) atoms. The Morgan fingerprint density at radius 1 is 1.19 bits per heavy atom. The van der Waals surface area contributed by atoms with Crippen molar-refractivity contribution in [1.82, 2.24) is 5.32 Å². The number of hydrogen-bond donors (Lipinski definition) is 1. The summed E-state index contributed by atoms with van der Waals surface area (Å²) in [6.07, 6.45) is 0. The molecule has 1 aliphatic rings. The van der Waals surface area contributed by atoms with Crippen LogP contribution in [0, 0.1) is 21.4 Å². The summed E-state index contributed by atoms with van der Waals surface area (Å²) in [6, 6.07) is 14.5. The molecule has 0 unspecified atom stereocenters. The van der Waals surface area contributed by atoms with Gasteiger partial charge in [-0.05, 0) is 43.7 Å². The molecular formula is C23H18ClN3O4S. The molecule has 2 aromatic rings. The normalized spacial score (nSPS) is 15.8. The van der Waals surface area contributed by atoms with Crippen molar-refractivity contribution in [2.45, 2.75) is 19.8 Å². The predicted molar refractivity (Wildman–Crippen MR) is 123 cm³/mol. The number of dihydropyridines is 1. The maximum atomic E-state index is 12.6. The lowest BCUT2D eigenvalue weighted by Crippen LogP contribution is -2.27. The molecule has 1 heterocycles. The Morgan fingerprint density at radius 3 is 2.34 bits per heavy atom. The van der Waals surface area contributed by atoms with Gasteiger partial charge < -0.3 is 5.32 Å². The molecule has 2 aromatic carbocycles. The molecule has 0 aromatic heterocycles. The van der Waals surface area contributed by atoms with Crippen LogP contribution < -0.4 is 5.32 Å². The number of thioether (sulfide) groups is 1. The average molecular weight is 468 g/mol. The number of nitro benzene ring substituents is 1. The quantitative estimate of drug-likeness (QED) is 0.340. The Balaban J connectivity index is 1.90. The number of ketones is 2. The number of nitriles is 1. The minimum atomic E-state index is -0.576. The summed E-state index contributed by atoms with van der Waals surface area (Å²) in [5, 5.41) is 24.9. The topological polar surface area (TPSA) is 113 Å². The lowest BCUT2D eigenvalue weighted by Gasteiger charge is -2.29. The highest BCUT2D eigenvalue weighted by Crippen LogP contribution is 2.41. The number of allylic oxidation sites excluding steroid dienone is 3. The number of hydrogen-bond acceptors (Lipinski definition) is 7. The first-order valence-electron chi connectivity index (χ1n) is 9.51. The van der Waals surface area contributed by atoms with E-state index in [1.165, 1.54) is 31.2 Å². The number of Topliss-reactive ketones (excluding diaryl/α,β-unsaturated/α-hetero) is 2. The minimum absolute atomic E-state index is 0.0152. The van der Waals surface area contributed by atoms with Crippen molar-refractivity contribution in [2.24, 2.45) is 0 Å². The zero-order chi connectivity index (χ0) is 23.4. The number of benzene rings is 2. The van der Waals surface area contributed by atoms with Crippen LogP contribution in [0.15, 0.2) is 70.4 Å². The number of rotatable bonds is 7. The van der Waals surface area contributed by atoms with Crippen LogP contribution in [0.3, 0.4) is 0 Å². The first-order valence-corrected chi connectivity index (χ1v) is 10.9. The number of nitro groups is 1. The molecule has 3 rings (SSSR count). The first-order chi connectivity index (χ1) is 15.2. The van der Waals surface area contributed by atoms with E-state index in [2.05, 4.69) is 11.4 Å². The third-order valence-electron chi connectivity index (χ3n) is 4.98. The molecule has 0 aliphatic carbocycles. The van der Waals surface area contributed by atoms with Crippen molar-refractivity contribution in [3.05, 3.63) is 96.7 Å². The second kappa shape index (κ2) is 9.81. The summed E-state index contributed by atoms with van der Waals surface area (Å²) in [4.78, 5) is 35.3. The molecule has 0 bridgehead atoms. The summed E-state index contributed by atoms with van der Waals surface area (Å²) in [7, 11) is 0. The van der Waals surface area contributed by atoms with Crippen LogP contribution in [0.4, 0.5) is 5.69 Å². The van der Waals surface area contributed by atoms with Gasteiger partial charge in [0.1, 0.15) is 0 Å². The molecule has 0 saturated carbocycles. The van der Waals surface area contributed by atoms with E-state index in [1.54, 1.807) is 31.2 Å². The SMILES string of the molecule is CC(=O)C1=C(C)NC(SCC(=O)c2ccc([N+](=O)[O-])cc2)=C(C#N)[C@@H]1c1ccc(Cl)cc1. The first kappa shape index (κ1) is 23.3. The van der Waals surface area contributed by atoms with E-state index >= 15 is 0 Å². The van der Waals surface area contributed by atoms with E-state index < -0.39 is 10.8 Å². The van der Waals surface area contributed by atoms with Gasteiger partial charge in [0.25, 0.3) is 5.69 Å². The van der Waals surface area contributed by atoms with Gasteiger partial charge in [-0.2, -0.15) is 5.26 Å². The Morgan fingerprint density at radius 2 is 1.81 bits per heavy atom. The fourth-order valence-corrected chi connectivity index (χ4v) is 4.58. The largest absolute Gasteiger partial charge is 0.353 e. The van der Waals surface area contributed by atoms with Crippen LogP contribution in [-0.2, 0) is 4.79 Å². The Bertz CT molecular complexity index is 1200. The molecule has 0 fully saturated rings.